The lowest BCUT2D eigenvalue weighted by atomic mass is 10.1. The Labute approximate surface area is 117 Å². The van der Waals surface area contributed by atoms with Gasteiger partial charge < -0.3 is 10.2 Å². The predicted molar refractivity (Wildman–Crippen MR) is 75.9 cm³/mol. The van der Waals surface area contributed by atoms with Crippen LogP contribution in [0.2, 0.25) is 0 Å². The van der Waals surface area contributed by atoms with Gasteiger partial charge in [-0.25, -0.2) is 0 Å². The maximum absolute atomic E-state index is 12.4. The summed E-state index contributed by atoms with van der Waals surface area (Å²) < 4.78 is 0. The maximum Gasteiger partial charge on any atom is 0.245 e. The van der Waals surface area contributed by atoms with Gasteiger partial charge in [0.25, 0.3) is 0 Å². The molecule has 5 heteroatoms. The number of carbonyl (C=O) groups is 2. The predicted octanol–water partition coefficient (Wildman–Crippen LogP) is 2.07. The van der Waals surface area contributed by atoms with Gasteiger partial charge in [-0.3, -0.25) is 9.59 Å². The summed E-state index contributed by atoms with van der Waals surface area (Å²) in [5.41, 5.74) is 1.22. The summed E-state index contributed by atoms with van der Waals surface area (Å²) in [5.74, 6) is 0.0395. The van der Waals surface area contributed by atoms with E-state index in [4.69, 9.17) is 0 Å². The first-order valence-corrected chi connectivity index (χ1v) is 7.61. The van der Waals surface area contributed by atoms with Gasteiger partial charge in [-0.15, -0.1) is 11.3 Å². The van der Waals surface area contributed by atoms with Crippen molar-refractivity contribution in [2.75, 3.05) is 6.54 Å². The molecule has 0 radical (unpaired) electrons. The van der Waals surface area contributed by atoms with Crippen LogP contribution in [0.3, 0.4) is 0 Å². The Hall–Kier alpha value is -1.36. The molecule has 2 amide bonds. The van der Waals surface area contributed by atoms with Gasteiger partial charge >= 0.3 is 0 Å². The van der Waals surface area contributed by atoms with Gasteiger partial charge in [0.05, 0.1) is 6.54 Å². The highest BCUT2D eigenvalue weighted by Gasteiger charge is 2.29. The zero-order valence-corrected chi connectivity index (χ0v) is 12.3. The third-order valence-electron chi connectivity index (χ3n) is 3.43. The van der Waals surface area contributed by atoms with Crippen LogP contribution in [0.15, 0.2) is 11.4 Å². The largest absolute Gasteiger partial charge is 0.344 e. The van der Waals surface area contributed by atoms with E-state index in [9.17, 15) is 9.59 Å². The summed E-state index contributed by atoms with van der Waals surface area (Å²) in [6, 6.07) is 1.72. The first-order valence-electron chi connectivity index (χ1n) is 6.73. The molecule has 2 rings (SSSR count). The number of carbonyl (C=O) groups excluding carboxylic acids is 2. The molecule has 0 spiro atoms. The Morgan fingerprint density at radius 3 is 2.89 bits per heavy atom. The highest BCUT2D eigenvalue weighted by Crippen LogP contribution is 2.20. The normalized spacial score (nSPS) is 20.3. The Morgan fingerprint density at radius 2 is 2.26 bits per heavy atom. The maximum atomic E-state index is 12.4. The highest BCUT2D eigenvalue weighted by atomic mass is 32.1. The molecule has 0 saturated carbocycles. The summed E-state index contributed by atoms with van der Waals surface area (Å²) in [6.45, 7) is 5.22. The third kappa shape index (κ3) is 3.35. The molecule has 0 bridgehead atoms. The molecule has 19 heavy (non-hydrogen) atoms. The van der Waals surface area contributed by atoms with Crippen LogP contribution in [-0.4, -0.2) is 29.3 Å². The number of aryl methyl sites for hydroxylation is 1. The smallest absolute Gasteiger partial charge is 0.245 e. The lowest BCUT2D eigenvalue weighted by Crippen LogP contribution is -2.44. The number of hydrogen-bond acceptors (Lipinski definition) is 3. The van der Waals surface area contributed by atoms with Crippen LogP contribution in [0.4, 0.5) is 0 Å². The Balaban J connectivity index is 2.12. The minimum absolute atomic E-state index is 0.0165. The van der Waals surface area contributed by atoms with E-state index in [1.165, 1.54) is 10.4 Å². The zero-order valence-electron chi connectivity index (χ0n) is 11.4. The van der Waals surface area contributed by atoms with Crippen LogP contribution in [-0.2, 0) is 16.1 Å². The van der Waals surface area contributed by atoms with E-state index >= 15 is 0 Å². The summed E-state index contributed by atoms with van der Waals surface area (Å²) in [5, 5.41) is 4.87. The molecule has 1 aromatic rings. The van der Waals surface area contributed by atoms with Gasteiger partial charge in [-0.05, 0) is 30.4 Å². The van der Waals surface area contributed by atoms with Crippen molar-refractivity contribution in [2.45, 2.75) is 45.7 Å². The molecule has 104 valence electrons. The van der Waals surface area contributed by atoms with Gasteiger partial charge in [-0.1, -0.05) is 13.3 Å². The fourth-order valence-corrected chi connectivity index (χ4v) is 3.20. The topological polar surface area (TPSA) is 49.4 Å². The van der Waals surface area contributed by atoms with E-state index < -0.39 is 0 Å². The molecule has 1 aliphatic heterocycles. The third-order valence-corrected chi connectivity index (χ3v) is 4.44. The SMILES string of the molecule is CCCC1NC(=O)CCN(Cc2sccc2C)C1=O. The summed E-state index contributed by atoms with van der Waals surface area (Å²) in [6.07, 6.45) is 2.00. The summed E-state index contributed by atoms with van der Waals surface area (Å²) in [7, 11) is 0. The van der Waals surface area contributed by atoms with Crippen molar-refractivity contribution < 1.29 is 9.59 Å². The minimum Gasteiger partial charge on any atom is -0.344 e. The highest BCUT2D eigenvalue weighted by molar-refractivity contribution is 7.10. The number of rotatable bonds is 4. The van der Waals surface area contributed by atoms with Crippen LogP contribution in [0.5, 0.6) is 0 Å². The molecule has 2 heterocycles. The van der Waals surface area contributed by atoms with E-state index in [1.807, 2.05) is 17.2 Å². The molecule has 1 unspecified atom stereocenters. The van der Waals surface area contributed by atoms with Crippen LogP contribution in [0.25, 0.3) is 0 Å². The van der Waals surface area contributed by atoms with Gasteiger partial charge in [0.15, 0.2) is 0 Å². The monoisotopic (exact) mass is 280 g/mol. The van der Waals surface area contributed by atoms with E-state index in [1.54, 1.807) is 11.3 Å². The first kappa shape index (κ1) is 14.1. The molecule has 1 aromatic heterocycles. The van der Waals surface area contributed by atoms with Gasteiger partial charge in [0.1, 0.15) is 6.04 Å². The number of nitrogens with one attached hydrogen (secondary N) is 1. The fraction of sp³-hybridized carbons (Fsp3) is 0.571. The number of hydrogen-bond donors (Lipinski definition) is 1. The number of thiophene rings is 1. The lowest BCUT2D eigenvalue weighted by Gasteiger charge is -2.23. The Bertz CT molecular complexity index is 470. The van der Waals surface area contributed by atoms with Crippen LogP contribution >= 0.6 is 11.3 Å². The van der Waals surface area contributed by atoms with Crippen molar-refractivity contribution in [1.82, 2.24) is 10.2 Å². The molecule has 1 atom stereocenters. The molecular weight excluding hydrogens is 260 g/mol. The van der Waals surface area contributed by atoms with Crippen molar-refractivity contribution in [3.05, 3.63) is 21.9 Å². The fourth-order valence-electron chi connectivity index (χ4n) is 2.28. The van der Waals surface area contributed by atoms with Crippen LogP contribution < -0.4 is 5.32 Å². The van der Waals surface area contributed by atoms with E-state index in [0.717, 1.165) is 6.42 Å². The van der Waals surface area contributed by atoms with Crippen LogP contribution in [0.1, 0.15) is 36.6 Å². The second kappa shape index (κ2) is 6.19. The average Bonchev–Trinajstić information content (AvgIpc) is 2.73. The molecule has 1 saturated heterocycles. The second-order valence-corrected chi connectivity index (χ2v) is 5.95. The molecule has 1 aliphatic rings. The van der Waals surface area contributed by atoms with Crippen molar-refractivity contribution in [3.63, 3.8) is 0 Å². The molecule has 4 nitrogen and oxygen atoms in total. The standard InChI is InChI=1S/C14H20N2O2S/c1-3-4-11-14(18)16(7-5-13(17)15-11)9-12-10(2)6-8-19-12/h6,8,11H,3-5,7,9H2,1-2H3,(H,15,17). The van der Waals surface area contributed by atoms with E-state index in [2.05, 4.69) is 18.3 Å². The molecule has 0 aromatic carbocycles. The zero-order chi connectivity index (χ0) is 13.8. The lowest BCUT2D eigenvalue weighted by molar-refractivity contribution is -0.134. The van der Waals surface area contributed by atoms with Gasteiger partial charge in [0, 0.05) is 17.8 Å². The summed E-state index contributed by atoms with van der Waals surface area (Å²) >= 11 is 1.67. The minimum atomic E-state index is -0.347. The van der Waals surface area contributed by atoms with Gasteiger partial charge in [0.2, 0.25) is 11.8 Å². The van der Waals surface area contributed by atoms with Crippen molar-refractivity contribution >= 4 is 23.2 Å². The van der Waals surface area contributed by atoms with Crippen molar-refractivity contribution in [3.8, 4) is 0 Å². The molecule has 1 fully saturated rings. The Morgan fingerprint density at radius 1 is 1.47 bits per heavy atom. The second-order valence-electron chi connectivity index (χ2n) is 4.95. The molecular formula is C14H20N2O2S. The molecule has 1 N–H and O–H groups in total. The Kier molecular flexibility index (Phi) is 4.58. The van der Waals surface area contributed by atoms with Crippen molar-refractivity contribution in [1.29, 1.82) is 0 Å². The molecule has 0 aliphatic carbocycles. The van der Waals surface area contributed by atoms with Crippen molar-refractivity contribution in [2.24, 2.45) is 0 Å². The quantitative estimate of drug-likeness (QED) is 0.918. The van der Waals surface area contributed by atoms with Crippen LogP contribution in [0, 0.1) is 6.92 Å². The van der Waals surface area contributed by atoms with E-state index in [0.29, 0.717) is 25.9 Å². The van der Waals surface area contributed by atoms with Gasteiger partial charge in [-0.2, -0.15) is 0 Å². The number of amides is 2. The van der Waals surface area contributed by atoms with E-state index in [-0.39, 0.29) is 17.9 Å². The average molecular weight is 280 g/mol. The number of nitrogens with zero attached hydrogens (tertiary/aromatic N) is 1. The summed E-state index contributed by atoms with van der Waals surface area (Å²) in [4.78, 5) is 27.1. The first-order chi connectivity index (χ1) is 9.11.